The molecule has 2 aromatic carbocycles. The fourth-order valence-corrected chi connectivity index (χ4v) is 3.35. The van der Waals surface area contributed by atoms with E-state index < -0.39 is 15.9 Å². The highest BCUT2D eigenvalue weighted by atomic mass is 35.5. The van der Waals surface area contributed by atoms with Crippen LogP contribution in [0.3, 0.4) is 0 Å². The molecule has 1 N–H and O–H groups in total. The Bertz CT molecular complexity index is 929. The normalized spacial score (nSPS) is 11.3. The standard InChI is InChI=1S/C17H19ClN2O5S/c1-20(2)26(22,23)12-7-5-6-11(8-12)17(21)19-14-9-13(18)15(24-3)10-16(14)25-4/h5-10H,1-4H3,(H,19,21). The van der Waals surface area contributed by atoms with Gasteiger partial charge in [-0.2, -0.15) is 0 Å². The number of benzene rings is 2. The first kappa shape index (κ1) is 20.0. The number of hydrogen-bond acceptors (Lipinski definition) is 5. The van der Waals surface area contributed by atoms with Crippen molar-refractivity contribution in [1.82, 2.24) is 4.31 Å². The van der Waals surface area contributed by atoms with Crippen molar-refractivity contribution in [1.29, 1.82) is 0 Å². The van der Waals surface area contributed by atoms with Gasteiger partial charge in [0.05, 0.1) is 29.8 Å². The van der Waals surface area contributed by atoms with Crippen molar-refractivity contribution in [3.05, 3.63) is 47.0 Å². The molecule has 0 aromatic heterocycles. The molecule has 0 radical (unpaired) electrons. The maximum Gasteiger partial charge on any atom is 0.255 e. The van der Waals surface area contributed by atoms with Crippen LogP contribution in [0.25, 0.3) is 0 Å². The zero-order chi connectivity index (χ0) is 19.5. The maximum absolute atomic E-state index is 12.5. The van der Waals surface area contributed by atoms with Crippen LogP contribution < -0.4 is 14.8 Å². The fraction of sp³-hybridized carbons (Fsp3) is 0.235. The van der Waals surface area contributed by atoms with Crippen molar-refractivity contribution in [2.75, 3.05) is 33.6 Å². The second-order valence-corrected chi connectivity index (χ2v) is 8.02. The van der Waals surface area contributed by atoms with Gasteiger partial charge < -0.3 is 14.8 Å². The van der Waals surface area contributed by atoms with Crippen LogP contribution in [0.1, 0.15) is 10.4 Å². The van der Waals surface area contributed by atoms with E-state index in [0.29, 0.717) is 22.2 Å². The lowest BCUT2D eigenvalue weighted by Gasteiger charge is -2.14. The van der Waals surface area contributed by atoms with Crippen LogP contribution in [-0.4, -0.2) is 46.9 Å². The number of hydrogen-bond donors (Lipinski definition) is 1. The molecule has 2 aromatic rings. The average molecular weight is 399 g/mol. The number of methoxy groups -OCH3 is 2. The zero-order valence-corrected chi connectivity index (χ0v) is 16.3. The molecule has 0 saturated carbocycles. The van der Waals surface area contributed by atoms with E-state index in [0.717, 1.165) is 4.31 Å². The van der Waals surface area contributed by atoms with Gasteiger partial charge >= 0.3 is 0 Å². The van der Waals surface area contributed by atoms with E-state index in [2.05, 4.69) is 5.32 Å². The predicted octanol–water partition coefficient (Wildman–Crippen LogP) is 2.86. The highest BCUT2D eigenvalue weighted by Crippen LogP contribution is 2.36. The highest BCUT2D eigenvalue weighted by Gasteiger charge is 2.19. The Morgan fingerprint density at radius 1 is 1.08 bits per heavy atom. The van der Waals surface area contributed by atoms with E-state index in [4.69, 9.17) is 21.1 Å². The van der Waals surface area contributed by atoms with Gasteiger partial charge in [-0.3, -0.25) is 4.79 Å². The second-order valence-electron chi connectivity index (χ2n) is 5.46. The van der Waals surface area contributed by atoms with Crippen molar-refractivity contribution in [2.45, 2.75) is 4.90 Å². The number of sulfonamides is 1. The second kappa shape index (κ2) is 7.94. The molecular weight excluding hydrogens is 380 g/mol. The number of amides is 1. The van der Waals surface area contributed by atoms with Crippen molar-refractivity contribution < 1.29 is 22.7 Å². The van der Waals surface area contributed by atoms with Crippen LogP contribution in [0.15, 0.2) is 41.3 Å². The molecule has 0 fully saturated rings. The van der Waals surface area contributed by atoms with E-state index in [-0.39, 0.29) is 10.5 Å². The Labute approximate surface area is 157 Å². The van der Waals surface area contributed by atoms with Gasteiger partial charge in [-0.1, -0.05) is 17.7 Å². The molecule has 7 nitrogen and oxygen atoms in total. The summed E-state index contributed by atoms with van der Waals surface area (Å²) in [6, 6.07) is 8.80. The number of carbonyl (C=O) groups is 1. The Hall–Kier alpha value is -2.29. The van der Waals surface area contributed by atoms with Gasteiger partial charge in [0.25, 0.3) is 5.91 Å². The van der Waals surface area contributed by atoms with E-state index in [1.54, 1.807) is 6.07 Å². The van der Waals surface area contributed by atoms with E-state index >= 15 is 0 Å². The third kappa shape index (κ3) is 4.09. The molecule has 0 aliphatic rings. The third-order valence-corrected chi connectivity index (χ3v) is 5.70. The topological polar surface area (TPSA) is 84.9 Å². The van der Waals surface area contributed by atoms with Crippen molar-refractivity contribution in [3.8, 4) is 11.5 Å². The molecule has 0 aliphatic carbocycles. The molecule has 0 heterocycles. The first-order valence-corrected chi connectivity index (χ1v) is 9.28. The average Bonchev–Trinajstić information content (AvgIpc) is 2.61. The largest absolute Gasteiger partial charge is 0.495 e. The quantitative estimate of drug-likeness (QED) is 0.808. The van der Waals surface area contributed by atoms with Gasteiger partial charge in [-0.15, -0.1) is 0 Å². The van der Waals surface area contributed by atoms with Gasteiger partial charge in [-0.05, 0) is 24.3 Å². The lowest BCUT2D eigenvalue weighted by Crippen LogP contribution is -2.22. The van der Waals surface area contributed by atoms with Crippen LogP contribution in [0, 0.1) is 0 Å². The molecular formula is C17H19ClN2O5S. The number of nitrogens with zero attached hydrogens (tertiary/aromatic N) is 1. The minimum atomic E-state index is -3.64. The predicted molar refractivity (Wildman–Crippen MR) is 99.8 cm³/mol. The molecule has 0 aliphatic heterocycles. The zero-order valence-electron chi connectivity index (χ0n) is 14.7. The summed E-state index contributed by atoms with van der Waals surface area (Å²) in [5, 5.41) is 2.96. The SMILES string of the molecule is COc1cc(OC)c(NC(=O)c2cccc(S(=O)(=O)N(C)C)c2)cc1Cl. The van der Waals surface area contributed by atoms with Crippen molar-refractivity contribution >= 4 is 33.2 Å². The summed E-state index contributed by atoms with van der Waals surface area (Å²) in [5.41, 5.74) is 0.520. The maximum atomic E-state index is 12.5. The number of rotatable bonds is 6. The summed E-state index contributed by atoms with van der Waals surface area (Å²) in [7, 11) is 2.12. The van der Waals surface area contributed by atoms with Crippen LogP contribution in [0.5, 0.6) is 11.5 Å². The van der Waals surface area contributed by atoms with E-state index in [1.165, 1.54) is 58.6 Å². The third-order valence-electron chi connectivity index (χ3n) is 3.60. The Morgan fingerprint density at radius 2 is 1.73 bits per heavy atom. The molecule has 1 amide bonds. The Kier molecular flexibility index (Phi) is 6.12. The van der Waals surface area contributed by atoms with E-state index in [9.17, 15) is 13.2 Å². The van der Waals surface area contributed by atoms with Gasteiger partial charge in [0.2, 0.25) is 10.0 Å². The monoisotopic (exact) mass is 398 g/mol. The number of halogens is 1. The lowest BCUT2D eigenvalue weighted by atomic mass is 10.2. The molecule has 26 heavy (non-hydrogen) atoms. The van der Waals surface area contributed by atoms with Gasteiger partial charge in [0, 0.05) is 25.7 Å². The summed E-state index contributed by atoms with van der Waals surface area (Å²) in [6.07, 6.45) is 0. The number of carbonyl (C=O) groups excluding carboxylic acids is 1. The molecule has 0 spiro atoms. The first-order chi connectivity index (χ1) is 12.2. The number of ether oxygens (including phenoxy) is 2. The van der Waals surface area contributed by atoms with Gasteiger partial charge in [0.15, 0.2) is 0 Å². The molecule has 140 valence electrons. The molecule has 9 heteroatoms. The van der Waals surface area contributed by atoms with Gasteiger partial charge in [-0.25, -0.2) is 12.7 Å². The highest BCUT2D eigenvalue weighted by molar-refractivity contribution is 7.89. The van der Waals surface area contributed by atoms with Crippen molar-refractivity contribution in [3.63, 3.8) is 0 Å². The summed E-state index contributed by atoms with van der Waals surface area (Å²) in [6.45, 7) is 0. The summed E-state index contributed by atoms with van der Waals surface area (Å²) < 4.78 is 35.9. The summed E-state index contributed by atoms with van der Waals surface area (Å²) in [4.78, 5) is 12.6. The number of anilines is 1. The summed E-state index contributed by atoms with van der Waals surface area (Å²) in [5.74, 6) is 0.262. The van der Waals surface area contributed by atoms with Crippen LogP contribution in [0.4, 0.5) is 5.69 Å². The first-order valence-electron chi connectivity index (χ1n) is 7.46. The minimum absolute atomic E-state index is 0.0230. The Morgan fingerprint density at radius 3 is 2.31 bits per heavy atom. The molecule has 0 unspecified atom stereocenters. The lowest BCUT2D eigenvalue weighted by molar-refractivity contribution is 0.102. The minimum Gasteiger partial charge on any atom is -0.495 e. The molecule has 2 rings (SSSR count). The molecule has 0 atom stereocenters. The summed E-state index contributed by atoms with van der Waals surface area (Å²) >= 11 is 6.09. The van der Waals surface area contributed by atoms with Crippen molar-refractivity contribution in [2.24, 2.45) is 0 Å². The number of nitrogens with one attached hydrogen (secondary N) is 1. The van der Waals surface area contributed by atoms with Crippen LogP contribution >= 0.6 is 11.6 Å². The molecule has 0 bridgehead atoms. The van der Waals surface area contributed by atoms with Crippen LogP contribution in [-0.2, 0) is 10.0 Å². The molecule has 0 saturated heterocycles. The smallest absolute Gasteiger partial charge is 0.255 e. The fourth-order valence-electron chi connectivity index (χ4n) is 2.16. The van der Waals surface area contributed by atoms with Gasteiger partial charge in [0.1, 0.15) is 11.5 Å². The van der Waals surface area contributed by atoms with Crippen LogP contribution in [0.2, 0.25) is 5.02 Å². The Balaban J connectivity index is 2.36. The van der Waals surface area contributed by atoms with E-state index in [1.807, 2.05) is 0 Å².